The zero-order valence-corrected chi connectivity index (χ0v) is 11.2. The van der Waals surface area contributed by atoms with Gasteiger partial charge in [-0.25, -0.2) is 0 Å². The van der Waals surface area contributed by atoms with Gasteiger partial charge in [-0.1, -0.05) is 12.1 Å². The van der Waals surface area contributed by atoms with Crippen LogP contribution < -0.4 is 0 Å². The Hall–Kier alpha value is -1.62. The number of nitrogens with zero attached hydrogens (tertiary/aromatic N) is 2. The third-order valence-corrected chi connectivity index (χ3v) is 3.78. The Balaban J connectivity index is 1.91. The summed E-state index contributed by atoms with van der Waals surface area (Å²) in [5, 5.41) is 1.90. The topological polar surface area (TPSA) is 40.6 Å². The summed E-state index contributed by atoms with van der Waals surface area (Å²) in [7, 11) is 0. The molecule has 0 aliphatic carbocycles. The van der Waals surface area contributed by atoms with Crippen LogP contribution in [0.3, 0.4) is 0 Å². The van der Waals surface area contributed by atoms with E-state index in [2.05, 4.69) is 0 Å². The first-order valence-corrected chi connectivity index (χ1v) is 6.84. The normalized spacial score (nSPS) is 16.3. The maximum atomic E-state index is 12.1. The summed E-state index contributed by atoms with van der Waals surface area (Å²) >= 11 is 1.46. The molecule has 5 heteroatoms. The van der Waals surface area contributed by atoms with E-state index in [1.54, 1.807) is 17.1 Å². The third kappa shape index (κ3) is 2.79. The fraction of sp³-hybridized carbons (Fsp3) is 0.385. The third-order valence-electron chi connectivity index (χ3n) is 2.92. The zero-order chi connectivity index (χ0) is 13.0. The zero-order valence-electron chi connectivity index (χ0n) is 10.3. The standard InChI is InChI=1S/C13H16N2O2S/c1-2-4-12(16)14-6-8-15(9-7-14)13(17)11-5-3-10-18-11/h2-5,10H,6-9H2,1H3. The highest BCUT2D eigenvalue weighted by atomic mass is 32.1. The van der Waals surface area contributed by atoms with Gasteiger partial charge in [0, 0.05) is 26.2 Å². The van der Waals surface area contributed by atoms with E-state index in [0.29, 0.717) is 26.2 Å². The summed E-state index contributed by atoms with van der Waals surface area (Å²) in [6.07, 6.45) is 3.31. The van der Waals surface area contributed by atoms with Crippen molar-refractivity contribution >= 4 is 23.2 Å². The molecule has 2 amide bonds. The van der Waals surface area contributed by atoms with Crippen LogP contribution in [-0.2, 0) is 4.79 Å². The van der Waals surface area contributed by atoms with Crippen LogP contribution >= 0.6 is 11.3 Å². The Morgan fingerprint density at radius 3 is 2.44 bits per heavy atom. The van der Waals surface area contributed by atoms with Gasteiger partial charge in [0.05, 0.1) is 4.88 Å². The average molecular weight is 264 g/mol. The van der Waals surface area contributed by atoms with Gasteiger partial charge in [-0.3, -0.25) is 9.59 Å². The average Bonchev–Trinajstić information content (AvgIpc) is 2.92. The molecule has 1 aliphatic heterocycles. The van der Waals surface area contributed by atoms with Gasteiger partial charge in [0.15, 0.2) is 0 Å². The molecule has 4 nitrogen and oxygen atoms in total. The summed E-state index contributed by atoms with van der Waals surface area (Å²) in [4.78, 5) is 28.1. The van der Waals surface area contributed by atoms with Crippen molar-refractivity contribution in [2.24, 2.45) is 0 Å². The number of rotatable bonds is 2. The van der Waals surface area contributed by atoms with Gasteiger partial charge in [0.25, 0.3) is 5.91 Å². The molecule has 0 radical (unpaired) electrons. The van der Waals surface area contributed by atoms with Crippen molar-refractivity contribution in [3.8, 4) is 0 Å². The van der Waals surface area contributed by atoms with Crippen molar-refractivity contribution in [3.05, 3.63) is 34.5 Å². The van der Waals surface area contributed by atoms with Crippen LogP contribution in [0.5, 0.6) is 0 Å². The van der Waals surface area contributed by atoms with Crippen LogP contribution in [0, 0.1) is 0 Å². The Kier molecular flexibility index (Phi) is 4.15. The first kappa shape index (κ1) is 12.8. The van der Waals surface area contributed by atoms with E-state index in [4.69, 9.17) is 0 Å². The lowest BCUT2D eigenvalue weighted by atomic mass is 10.3. The van der Waals surface area contributed by atoms with Crippen molar-refractivity contribution in [2.45, 2.75) is 6.92 Å². The van der Waals surface area contributed by atoms with Crippen LogP contribution in [0.1, 0.15) is 16.6 Å². The monoisotopic (exact) mass is 264 g/mol. The van der Waals surface area contributed by atoms with E-state index in [0.717, 1.165) is 4.88 Å². The van der Waals surface area contributed by atoms with Gasteiger partial charge in [-0.15, -0.1) is 11.3 Å². The molecule has 1 fully saturated rings. The molecule has 1 aliphatic rings. The first-order chi connectivity index (χ1) is 8.72. The van der Waals surface area contributed by atoms with E-state index < -0.39 is 0 Å². The SMILES string of the molecule is CC=CC(=O)N1CCN(C(=O)c2cccs2)CC1. The lowest BCUT2D eigenvalue weighted by Gasteiger charge is -2.34. The van der Waals surface area contributed by atoms with Crippen LogP contribution in [0.25, 0.3) is 0 Å². The van der Waals surface area contributed by atoms with E-state index in [-0.39, 0.29) is 11.8 Å². The molecular weight excluding hydrogens is 248 g/mol. The highest BCUT2D eigenvalue weighted by molar-refractivity contribution is 7.12. The maximum Gasteiger partial charge on any atom is 0.264 e. The van der Waals surface area contributed by atoms with Gasteiger partial charge in [0.1, 0.15) is 0 Å². The Labute approximate surface area is 111 Å². The van der Waals surface area contributed by atoms with Crippen LogP contribution in [0.15, 0.2) is 29.7 Å². The van der Waals surface area contributed by atoms with Gasteiger partial charge < -0.3 is 9.80 Å². The fourth-order valence-corrected chi connectivity index (χ4v) is 2.62. The number of allylic oxidation sites excluding steroid dienone is 1. The number of thiophene rings is 1. The molecule has 0 N–H and O–H groups in total. The highest BCUT2D eigenvalue weighted by Gasteiger charge is 2.24. The second-order valence-electron chi connectivity index (χ2n) is 4.09. The summed E-state index contributed by atoms with van der Waals surface area (Å²) < 4.78 is 0. The molecule has 1 aromatic rings. The van der Waals surface area contributed by atoms with E-state index in [1.807, 2.05) is 29.3 Å². The number of amides is 2. The largest absolute Gasteiger partial charge is 0.336 e. The minimum Gasteiger partial charge on any atom is -0.336 e. The van der Waals surface area contributed by atoms with Gasteiger partial charge in [-0.05, 0) is 24.4 Å². The fourth-order valence-electron chi connectivity index (χ4n) is 1.93. The van der Waals surface area contributed by atoms with Gasteiger partial charge in [-0.2, -0.15) is 0 Å². The van der Waals surface area contributed by atoms with Crippen LogP contribution in [0.2, 0.25) is 0 Å². The molecule has 0 atom stereocenters. The number of carbonyl (C=O) groups excluding carboxylic acids is 2. The van der Waals surface area contributed by atoms with Crippen molar-refractivity contribution in [3.63, 3.8) is 0 Å². The van der Waals surface area contributed by atoms with Crippen molar-refractivity contribution < 1.29 is 9.59 Å². The Morgan fingerprint density at radius 1 is 1.22 bits per heavy atom. The molecule has 96 valence electrons. The van der Waals surface area contributed by atoms with Crippen LogP contribution in [0.4, 0.5) is 0 Å². The summed E-state index contributed by atoms with van der Waals surface area (Å²) in [5.41, 5.74) is 0. The van der Waals surface area contributed by atoms with Gasteiger partial charge in [0.2, 0.25) is 5.91 Å². The maximum absolute atomic E-state index is 12.1. The van der Waals surface area contributed by atoms with Crippen molar-refractivity contribution in [2.75, 3.05) is 26.2 Å². The molecule has 0 bridgehead atoms. The lowest BCUT2D eigenvalue weighted by molar-refractivity contribution is -0.127. The number of piperazine rings is 1. The van der Waals surface area contributed by atoms with E-state index >= 15 is 0 Å². The molecular formula is C13H16N2O2S. The number of carbonyl (C=O) groups is 2. The summed E-state index contributed by atoms with van der Waals surface area (Å²) in [6.45, 7) is 4.27. The second-order valence-corrected chi connectivity index (χ2v) is 5.04. The summed E-state index contributed by atoms with van der Waals surface area (Å²) in [5.74, 6) is 0.101. The van der Waals surface area contributed by atoms with Crippen molar-refractivity contribution in [1.29, 1.82) is 0 Å². The Morgan fingerprint density at radius 2 is 1.89 bits per heavy atom. The molecule has 2 heterocycles. The number of hydrogen-bond donors (Lipinski definition) is 0. The quantitative estimate of drug-likeness (QED) is 0.761. The first-order valence-electron chi connectivity index (χ1n) is 5.96. The Bertz CT molecular complexity index is 446. The molecule has 0 aromatic carbocycles. The molecule has 1 saturated heterocycles. The highest BCUT2D eigenvalue weighted by Crippen LogP contribution is 2.13. The van der Waals surface area contributed by atoms with Crippen molar-refractivity contribution in [1.82, 2.24) is 9.80 Å². The van der Waals surface area contributed by atoms with Gasteiger partial charge >= 0.3 is 0 Å². The second kappa shape index (κ2) is 5.82. The smallest absolute Gasteiger partial charge is 0.264 e. The molecule has 18 heavy (non-hydrogen) atoms. The molecule has 0 saturated carbocycles. The lowest BCUT2D eigenvalue weighted by Crippen LogP contribution is -2.50. The minimum atomic E-state index is 0.0284. The molecule has 0 spiro atoms. The van der Waals surface area contributed by atoms with Crippen LogP contribution in [-0.4, -0.2) is 47.8 Å². The number of hydrogen-bond acceptors (Lipinski definition) is 3. The predicted octanol–water partition coefficient (Wildman–Crippen LogP) is 1.61. The minimum absolute atomic E-state index is 0.0284. The van der Waals surface area contributed by atoms with E-state index in [1.165, 1.54) is 11.3 Å². The predicted molar refractivity (Wildman–Crippen MR) is 71.6 cm³/mol. The van der Waals surface area contributed by atoms with E-state index in [9.17, 15) is 9.59 Å². The molecule has 1 aromatic heterocycles. The molecule has 0 unspecified atom stereocenters. The molecule has 2 rings (SSSR count). The summed E-state index contributed by atoms with van der Waals surface area (Å²) in [6, 6.07) is 3.72.